The minimum atomic E-state index is -0.628. The Kier molecular flexibility index (Phi) is 5.11. The van der Waals surface area contributed by atoms with Crippen molar-refractivity contribution >= 4 is 18.4 Å². The monoisotopic (exact) mass is 363 g/mol. The van der Waals surface area contributed by atoms with Crippen molar-refractivity contribution in [2.75, 3.05) is 19.6 Å². The Labute approximate surface area is 152 Å². The highest BCUT2D eigenvalue weighted by atomic mass is 35.5. The van der Waals surface area contributed by atoms with Gasteiger partial charge in [-0.2, -0.15) is 4.98 Å². The molecule has 7 heteroatoms. The third-order valence-corrected chi connectivity index (χ3v) is 5.51. The molecule has 2 fully saturated rings. The van der Waals surface area contributed by atoms with Gasteiger partial charge >= 0.3 is 5.97 Å². The zero-order chi connectivity index (χ0) is 16.6. The number of carboxylic acid groups (broad SMARTS) is 1. The number of carboxylic acids is 1. The number of rotatable bonds is 5. The Balaban J connectivity index is 0.00000182. The van der Waals surface area contributed by atoms with Crippen LogP contribution in [0.25, 0.3) is 11.4 Å². The van der Waals surface area contributed by atoms with Crippen LogP contribution in [0.1, 0.15) is 25.2 Å². The van der Waals surface area contributed by atoms with E-state index in [1.807, 2.05) is 30.3 Å². The van der Waals surface area contributed by atoms with Crippen molar-refractivity contribution < 1.29 is 14.4 Å². The van der Waals surface area contributed by atoms with E-state index in [1.165, 1.54) is 0 Å². The normalized spacial score (nSPS) is 25.5. The van der Waals surface area contributed by atoms with Gasteiger partial charge in [-0.3, -0.25) is 4.79 Å². The molecule has 0 amide bonds. The topological polar surface area (TPSA) is 79.5 Å². The molecular formula is C18H22ClN3O3. The summed E-state index contributed by atoms with van der Waals surface area (Å²) < 4.78 is 5.34. The smallest absolute Gasteiger partial charge is 0.311 e. The van der Waals surface area contributed by atoms with Crippen molar-refractivity contribution in [2.45, 2.75) is 25.7 Å². The van der Waals surface area contributed by atoms with E-state index in [0.29, 0.717) is 24.7 Å². The Bertz CT molecular complexity index is 736. The summed E-state index contributed by atoms with van der Waals surface area (Å²) in [5, 5.41) is 13.7. The zero-order valence-corrected chi connectivity index (χ0v) is 14.7. The molecule has 1 aromatic heterocycles. The summed E-state index contributed by atoms with van der Waals surface area (Å²) in [6, 6.07) is 9.74. The first-order valence-electron chi connectivity index (χ1n) is 8.51. The van der Waals surface area contributed by atoms with E-state index in [4.69, 9.17) is 4.52 Å². The van der Waals surface area contributed by atoms with Crippen LogP contribution in [0.2, 0.25) is 0 Å². The van der Waals surface area contributed by atoms with Gasteiger partial charge in [0.05, 0.1) is 5.41 Å². The molecule has 25 heavy (non-hydrogen) atoms. The molecule has 0 spiro atoms. The second kappa shape index (κ2) is 7.14. The summed E-state index contributed by atoms with van der Waals surface area (Å²) >= 11 is 0. The fraction of sp³-hybridized carbons (Fsp3) is 0.500. The van der Waals surface area contributed by atoms with Crippen LogP contribution in [0.15, 0.2) is 34.9 Å². The van der Waals surface area contributed by atoms with E-state index < -0.39 is 11.4 Å². The number of hydrogen-bond donors (Lipinski definition) is 1. The molecule has 2 heterocycles. The Morgan fingerprint density at radius 2 is 2.16 bits per heavy atom. The molecule has 6 nitrogen and oxygen atoms in total. The average molecular weight is 364 g/mol. The van der Waals surface area contributed by atoms with Crippen molar-refractivity contribution in [1.29, 1.82) is 0 Å². The van der Waals surface area contributed by atoms with Gasteiger partial charge in [0.2, 0.25) is 11.7 Å². The van der Waals surface area contributed by atoms with E-state index in [1.54, 1.807) is 0 Å². The minimum Gasteiger partial charge on any atom is -0.481 e. The molecule has 1 saturated carbocycles. The molecule has 4 rings (SSSR count). The van der Waals surface area contributed by atoms with Gasteiger partial charge < -0.3 is 14.5 Å². The summed E-state index contributed by atoms with van der Waals surface area (Å²) in [6.45, 7) is 2.28. The molecule has 1 aromatic carbocycles. The highest BCUT2D eigenvalue weighted by Gasteiger charge is 2.54. The standard InChI is InChI=1S/C18H21N3O3.ClH/c22-17(23)18-9-4-7-14(18)11-21(12-18)10-8-15-19-16(20-24-15)13-5-2-1-3-6-13;/h1-3,5-6,14H,4,7-12H2,(H,22,23);1H/t14-,18+;/m0./s1. The van der Waals surface area contributed by atoms with Crippen LogP contribution in [-0.2, 0) is 11.2 Å². The molecule has 0 radical (unpaired) electrons. The largest absolute Gasteiger partial charge is 0.481 e. The van der Waals surface area contributed by atoms with Crippen LogP contribution in [0.4, 0.5) is 0 Å². The predicted octanol–water partition coefficient (Wildman–Crippen LogP) is 2.89. The summed E-state index contributed by atoms with van der Waals surface area (Å²) in [5.74, 6) is 0.871. The second-order valence-electron chi connectivity index (χ2n) is 6.91. The van der Waals surface area contributed by atoms with E-state index >= 15 is 0 Å². The van der Waals surface area contributed by atoms with Crippen molar-refractivity contribution in [3.63, 3.8) is 0 Å². The quantitative estimate of drug-likeness (QED) is 0.879. The number of aliphatic carboxylic acids is 1. The molecule has 1 aliphatic carbocycles. The number of hydrogen-bond acceptors (Lipinski definition) is 5. The van der Waals surface area contributed by atoms with Crippen LogP contribution in [0.3, 0.4) is 0 Å². The fourth-order valence-corrected chi connectivity index (χ4v) is 4.23. The number of nitrogens with zero attached hydrogens (tertiary/aromatic N) is 3. The third kappa shape index (κ3) is 3.28. The average Bonchev–Trinajstić information content (AvgIpc) is 3.28. The van der Waals surface area contributed by atoms with Crippen molar-refractivity contribution in [3.8, 4) is 11.4 Å². The molecule has 1 N–H and O–H groups in total. The highest BCUT2D eigenvalue weighted by molar-refractivity contribution is 5.85. The maximum Gasteiger partial charge on any atom is 0.311 e. The fourth-order valence-electron chi connectivity index (χ4n) is 4.23. The molecule has 2 atom stereocenters. The number of likely N-dealkylation sites (tertiary alicyclic amines) is 1. The van der Waals surface area contributed by atoms with Gasteiger partial charge in [-0.1, -0.05) is 41.9 Å². The van der Waals surface area contributed by atoms with Gasteiger partial charge in [0.15, 0.2) is 0 Å². The first kappa shape index (κ1) is 17.9. The Morgan fingerprint density at radius 3 is 2.88 bits per heavy atom. The number of benzene rings is 1. The number of halogens is 1. The molecule has 2 aliphatic rings. The van der Waals surface area contributed by atoms with Crippen molar-refractivity contribution in [2.24, 2.45) is 11.3 Å². The molecular weight excluding hydrogens is 342 g/mol. The maximum atomic E-state index is 11.7. The van der Waals surface area contributed by atoms with E-state index in [0.717, 1.165) is 37.9 Å². The van der Waals surface area contributed by atoms with Crippen LogP contribution >= 0.6 is 12.4 Å². The van der Waals surface area contributed by atoms with Gasteiger partial charge in [-0.25, -0.2) is 0 Å². The SMILES string of the molecule is Cl.O=C(O)[C@@]12CCC[C@H]1CN(CCc1nc(-c3ccccc3)no1)C2. The number of aromatic nitrogens is 2. The highest BCUT2D eigenvalue weighted by Crippen LogP contribution is 2.48. The van der Waals surface area contributed by atoms with Crippen molar-refractivity contribution in [1.82, 2.24) is 15.0 Å². The Morgan fingerprint density at radius 1 is 1.36 bits per heavy atom. The van der Waals surface area contributed by atoms with Crippen LogP contribution in [0.5, 0.6) is 0 Å². The molecule has 1 saturated heterocycles. The van der Waals surface area contributed by atoms with Crippen molar-refractivity contribution in [3.05, 3.63) is 36.2 Å². The third-order valence-electron chi connectivity index (χ3n) is 5.51. The van der Waals surface area contributed by atoms with Crippen LogP contribution < -0.4 is 0 Å². The van der Waals surface area contributed by atoms with Gasteiger partial charge in [-0.15, -0.1) is 12.4 Å². The minimum absolute atomic E-state index is 0. The molecule has 1 aliphatic heterocycles. The zero-order valence-electron chi connectivity index (χ0n) is 13.9. The lowest BCUT2D eigenvalue weighted by atomic mass is 9.81. The molecule has 0 unspecified atom stereocenters. The number of carbonyl (C=O) groups is 1. The Hall–Kier alpha value is -1.92. The van der Waals surface area contributed by atoms with E-state index in [9.17, 15) is 9.90 Å². The summed E-state index contributed by atoms with van der Waals surface area (Å²) in [7, 11) is 0. The molecule has 2 aromatic rings. The van der Waals surface area contributed by atoms with Crippen LogP contribution in [0, 0.1) is 11.3 Å². The van der Waals surface area contributed by atoms with Gasteiger partial charge in [0.25, 0.3) is 0 Å². The summed E-state index contributed by atoms with van der Waals surface area (Å²) in [6.07, 6.45) is 3.53. The van der Waals surface area contributed by atoms with Crippen LogP contribution in [-0.4, -0.2) is 45.8 Å². The van der Waals surface area contributed by atoms with E-state index in [2.05, 4.69) is 15.0 Å². The number of fused-ring (bicyclic) bond motifs is 1. The molecule has 134 valence electrons. The predicted molar refractivity (Wildman–Crippen MR) is 94.5 cm³/mol. The van der Waals surface area contributed by atoms with Gasteiger partial charge in [0.1, 0.15) is 0 Å². The summed E-state index contributed by atoms with van der Waals surface area (Å²) in [4.78, 5) is 18.4. The van der Waals surface area contributed by atoms with Gasteiger partial charge in [0, 0.05) is 31.6 Å². The first-order chi connectivity index (χ1) is 11.7. The molecule has 0 bridgehead atoms. The lowest BCUT2D eigenvalue weighted by Crippen LogP contribution is -2.36. The summed E-state index contributed by atoms with van der Waals surface area (Å²) in [5.41, 5.74) is 0.414. The maximum absolute atomic E-state index is 11.7. The lowest BCUT2D eigenvalue weighted by molar-refractivity contribution is -0.149. The second-order valence-corrected chi connectivity index (χ2v) is 6.91. The van der Waals surface area contributed by atoms with Gasteiger partial charge in [-0.05, 0) is 18.8 Å². The lowest BCUT2D eigenvalue weighted by Gasteiger charge is -2.23. The first-order valence-corrected chi connectivity index (χ1v) is 8.51. The van der Waals surface area contributed by atoms with E-state index in [-0.39, 0.29) is 18.3 Å².